The first-order valence-corrected chi connectivity index (χ1v) is 12.2. The lowest BCUT2D eigenvalue weighted by molar-refractivity contribution is 0.0951. The van der Waals surface area contributed by atoms with Gasteiger partial charge in [-0.25, -0.2) is 0 Å². The van der Waals surface area contributed by atoms with Crippen LogP contribution in [0.3, 0.4) is 0 Å². The standard InChI is InChI=1S/C28H24N4O2S/c1-34-23-16-14-22(15-17-23)32-26(30-31-28(32)35-19-20-8-3-2-4-9-20)18-29-27(33)25-13-7-11-21-10-5-6-12-24(21)25/h2-17H,18-19H2,1H3,(H,29,33). The Bertz CT molecular complexity index is 1440. The molecule has 35 heavy (non-hydrogen) atoms. The lowest BCUT2D eigenvalue weighted by atomic mass is 10.0. The van der Waals surface area contributed by atoms with Crippen LogP contribution in [0.4, 0.5) is 0 Å². The second-order valence-corrected chi connectivity index (χ2v) is 8.86. The highest BCUT2D eigenvalue weighted by molar-refractivity contribution is 7.98. The van der Waals surface area contributed by atoms with E-state index in [1.165, 1.54) is 5.56 Å². The molecule has 0 saturated heterocycles. The SMILES string of the molecule is COc1ccc(-n2c(CNC(=O)c3cccc4ccccc34)nnc2SCc2ccccc2)cc1. The third-order valence-electron chi connectivity index (χ3n) is 5.68. The van der Waals surface area contributed by atoms with Gasteiger partial charge in [0.25, 0.3) is 5.91 Å². The van der Waals surface area contributed by atoms with Crippen molar-refractivity contribution in [1.82, 2.24) is 20.1 Å². The number of carbonyl (C=O) groups excluding carboxylic acids is 1. The Morgan fingerprint density at radius 2 is 1.63 bits per heavy atom. The number of benzene rings is 4. The molecular weight excluding hydrogens is 456 g/mol. The van der Waals surface area contributed by atoms with Gasteiger partial charge in [-0.3, -0.25) is 9.36 Å². The number of amides is 1. The predicted molar refractivity (Wildman–Crippen MR) is 139 cm³/mol. The van der Waals surface area contributed by atoms with Gasteiger partial charge in [0.15, 0.2) is 11.0 Å². The molecule has 0 unspecified atom stereocenters. The van der Waals surface area contributed by atoms with Crippen LogP contribution >= 0.6 is 11.8 Å². The molecule has 5 rings (SSSR count). The normalized spacial score (nSPS) is 10.9. The molecule has 7 heteroatoms. The lowest BCUT2D eigenvalue weighted by Gasteiger charge is -2.12. The minimum Gasteiger partial charge on any atom is -0.497 e. The van der Waals surface area contributed by atoms with E-state index in [2.05, 4.69) is 27.6 Å². The van der Waals surface area contributed by atoms with Gasteiger partial charge in [-0.1, -0.05) is 78.5 Å². The molecule has 0 bridgehead atoms. The van der Waals surface area contributed by atoms with Crippen molar-refractivity contribution < 1.29 is 9.53 Å². The smallest absolute Gasteiger partial charge is 0.252 e. The molecule has 1 aromatic heterocycles. The number of aromatic nitrogens is 3. The Labute approximate surface area is 208 Å². The molecular formula is C28H24N4O2S. The van der Waals surface area contributed by atoms with Gasteiger partial charge in [0.1, 0.15) is 5.75 Å². The molecule has 1 amide bonds. The molecule has 0 aliphatic carbocycles. The zero-order chi connectivity index (χ0) is 24.0. The maximum Gasteiger partial charge on any atom is 0.252 e. The van der Waals surface area contributed by atoms with Gasteiger partial charge in [-0.15, -0.1) is 10.2 Å². The van der Waals surface area contributed by atoms with Crippen LogP contribution in [0.1, 0.15) is 21.7 Å². The highest BCUT2D eigenvalue weighted by atomic mass is 32.2. The third kappa shape index (κ3) is 5.05. The quantitative estimate of drug-likeness (QED) is 0.291. The average molecular weight is 481 g/mol. The van der Waals surface area contributed by atoms with Gasteiger partial charge in [0.05, 0.1) is 13.7 Å². The number of fused-ring (bicyclic) bond motifs is 1. The van der Waals surface area contributed by atoms with Crippen LogP contribution in [0.5, 0.6) is 5.75 Å². The fourth-order valence-corrected chi connectivity index (χ4v) is 4.83. The molecule has 0 saturated carbocycles. The van der Waals surface area contributed by atoms with Gasteiger partial charge in [-0.2, -0.15) is 0 Å². The van der Waals surface area contributed by atoms with Gasteiger partial charge >= 0.3 is 0 Å². The topological polar surface area (TPSA) is 69.0 Å². The summed E-state index contributed by atoms with van der Waals surface area (Å²) in [5.74, 6) is 2.03. The van der Waals surface area contributed by atoms with Gasteiger partial charge in [0, 0.05) is 17.0 Å². The van der Waals surface area contributed by atoms with Crippen molar-refractivity contribution in [3.05, 3.63) is 114 Å². The number of ether oxygens (including phenoxy) is 1. The van der Waals surface area contributed by atoms with E-state index in [9.17, 15) is 4.79 Å². The highest BCUT2D eigenvalue weighted by Crippen LogP contribution is 2.26. The van der Waals surface area contributed by atoms with Gasteiger partial charge in [0.2, 0.25) is 0 Å². The van der Waals surface area contributed by atoms with E-state index in [0.717, 1.165) is 33.1 Å². The first-order chi connectivity index (χ1) is 17.2. The maximum absolute atomic E-state index is 13.1. The summed E-state index contributed by atoms with van der Waals surface area (Å²) >= 11 is 1.60. The number of hydrogen-bond donors (Lipinski definition) is 1. The second-order valence-electron chi connectivity index (χ2n) is 7.92. The van der Waals surface area contributed by atoms with E-state index < -0.39 is 0 Å². The molecule has 0 aliphatic rings. The van der Waals surface area contributed by atoms with E-state index in [1.807, 2.05) is 89.5 Å². The Balaban J connectivity index is 1.41. The first kappa shape index (κ1) is 22.7. The van der Waals surface area contributed by atoms with Gasteiger partial charge < -0.3 is 10.1 Å². The second kappa shape index (κ2) is 10.4. The average Bonchev–Trinajstić information content (AvgIpc) is 3.33. The van der Waals surface area contributed by atoms with Crippen molar-refractivity contribution in [1.29, 1.82) is 0 Å². The summed E-state index contributed by atoms with van der Waals surface area (Å²) in [6.45, 7) is 0.243. The van der Waals surface area contributed by atoms with E-state index >= 15 is 0 Å². The largest absolute Gasteiger partial charge is 0.497 e. The number of methoxy groups -OCH3 is 1. The van der Waals surface area contributed by atoms with Crippen LogP contribution in [0.15, 0.2) is 102 Å². The van der Waals surface area contributed by atoms with Crippen LogP contribution in [0, 0.1) is 0 Å². The number of rotatable bonds is 8. The van der Waals surface area contributed by atoms with Crippen molar-refractivity contribution in [3.8, 4) is 11.4 Å². The van der Waals surface area contributed by atoms with Crippen LogP contribution in [0.2, 0.25) is 0 Å². The number of thioether (sulfide) groups is 1. The molecule has 5 aromatic rings. The summed E-state index contributed by atoms with van der Waals surface area (Å²) < 4.78 is 7.30. The monoisotopic (exact) mass is 480 g/mol. The molecule has 0 aliphatic heterocycles. The number of nitrogens with zero attached hydrogens (tertiary/aromatic N) is 3. The fourth-order valence-electron chi connectivity index (χ4n) is 3.90. The van der Waals surface area contributed by atoms with Crippen molar-refractivity contribution in [2.45, 2.75) is 17.5 Å². The van der Waals surface area contributed by atoms with Crippen molar-refractivity contribution in [2.75, 3.05) is 7.11 Å². The third-order valence-corrected chi connectivity index (χ3v) is 6.68. The summed E-state index contributed by atoms with van der Waals surface area (Å²) in [4.78, 5) is 13.1. The van der Waals surface area contributed by atoms with Crippen molar-refractivity contribution in [2.24, 2.45) is 0 Å². The summed E-state index contributed by atoms with van der Waals surface area (Å²) in [6, 6.07) is 31.6. The minimum atomic E-state index is -0.149. The highest BCUT2D eigenvalue weighted by Gasteiger charge is 2.17. The van der Waals surface area contributed by atoms with Crippen molar-refractivity contribution in [3.63, 3.8) is 0 Å². The Morgan fingerprint density at radius 3 is 2.43 bits per heavy atom. The van der Waals surface area contributed by atoms with E-state index in [-0.39, 0.29) is 12.5 Å². The predicted octanol–water partition coefficient (Wildman–Crippen LogP) is 5.65. The molecule has 0 fully saturated rings. The minimum absolute atomic E-state index is 0.149. The fraction of sp³-hybridized carbons (Fsp3) is 0.107. The van der Waals surface area contributed by atoms with E-state index in [1.54, 1.807) is 18.9 Å². The van der Waals surface area contributed by atoms with Crippen LogP contribution in [-0.4, -0.2) is 27.8 Å². The summed E-state index contributed by atoms with van der Waals surface area (Å²) in [5.41, 5.74) is 2.74. The van der Waals surface area contributed by atoms with E-state index in [4.69, 9.17) is 4.74 Å². The van der Waals surface area contributed by atoms with Crippen LogP contribution in [0.25, 0.3) is 16.5 Å². The van der Waals surface area contributed by atoms with Crippen molar-refractivity contribution >= 4 is 28.4 Å². The molecule has 0 atom stereocenters. The van der Waals surface area contributed by atoms with Crippen LogP contribution < -0.4 is 10.1 Å². The Hall–Kier alpha value is -4.10. The molecule has 1 N–H and O–H groups in total. The van der Waals surface area contributed by atoms with Crippen LogP contribution in [-0.2, 0) is 12.3 Å². The number of nitrogens with one attached hydrogen (secondary N) is 1. The zero-order valence-corrected chi connectivity index (χ0v) is 20.0. The summed E-state index contributed by atoms with van der Waals surface area (Å²) in [5, 5.41) is 14.6. The van der Waals surface area contributed by atoms with E-state index in [0.29, 0.717) is 11.4 Å². The Kier molecular flexibility index (Phi) is 6.77. The maximum atomic E-state index is 13.1. The zero-order valence-electron chi connectivity index (χ0n) is 19.2. The van der Waals surface area contributed by atoms with Gasteiger partial charge in [-0.05, 0) is 46.7 Å². The molecule has 174 valence electrons. The summed E-state index contributed by atoms with van der Waals surface area (Å²) in [6.07, 6.45) is 0. The Morgan fingerprint density at radius 1 is 0.886 bits per heavy atom. The molecule has 1 heterocycles. The molecule has 0 radical (unpaired) electrons. The molecule has 6 nitrogen and oxygen atoms in total. The first-order valence-electron chi connectivity index (χ1n) is 11.2. The summed E-state index contributed by atoms with van der Waals surface area (Å²) in [7, 11) is 1.64. The number of carbonyl (C=O) groups is 1. The number of hydrogen-bond acceptors (Lipinski definition) is 5. The lowest BCUT2D eigenvalue weighted by Crippen LogP contribution is -2.25. The molecule has 4 aromatic carbocycles. The molecule has 0 spiro atoms.